The van der Waals surface area contributed by atoms with Crippen LogP contribution in [-0.4, -0.2) is 28.8 Å². The van der Waals surface area contributed by atoms with Gasteiger partial charge in [0.2, 0.25) is 5.91 Å². The summed E-state index contributed by atoms with van der Waals surface area (Å²) in [6, 6.07) is -0.155. The van der Waals surface area contributed by atoms with Crippen molar-refractivity contribution in [2.24, 2.45) is 11.8 Å². The number of amides is 1. The van der Waals surface area contributed by atoms with Gasteiger partial charge in [0.25, 0.3) is 0 Å². The number of hydrogen-bond acceptors (Lipinski definition) is 3. The van der Waals surface area contributed by atoms with Crippen molar-refractivity contribution in [2.75, 3.05) is 0 Å². The summed E-state index contributed by atoms with van der Waals surface area (Å²) >= 11 is 0. The first-order valence-electron chi connectivity index (χ1n) is 6.77. The molecule has 5 nitrogen and oxygen atoms in total. The van der Waals surface area contributed by atoms with Crippen molar-refractivity contribution in [2.45, 2.75) is 59.4 Å². The lowest BCUT2D eigenvalue weighted by molar-refractivity contribution is -0.137. The van der Waals surface area contributed by atoms with Crippen molar-refractivity contribution in [3.05, 3.63) is 0 Å². The first-order chi connectivity index (χ1) is 8.73. The van der Waals surface area contributed by atoms with Gasteiger partial charge in [-0.3, -0.25) is 14.4 Å². The van der Waals surface area contributed by atoms with Crippen molar-refractivity contribution in [3.8, 4) is 0 Å². The molecule has 0 spiro atoms. The molecule has 0 fully saturated rings. The van der Waals surface area contributed by atoms with Gasteiger partial charge in [-0.1, -0.05) is 27.7 Å². The van der Waals surface area contributed by atoms with Crippen molar-refractivity contribution in [1.29, 1.82) is 0 Å². The van der Waals surface area contributed by atoms with Crippen LogP contribution in [0.5, 0.6) is 0 Å². The predicted molar refractivity (Wildman–Crippen MR) is 72.7 cm³/mol. The van der Waals surface area contributed by atoms with Crippen LogP contribution in [-0.2, 0) is 14.4 Å². The summed E-state index contributed by atoms with van der Waals surface area (Å²) in [5.41, 5.74) is 0. The highest BCUT2D eigenvalue weighted by Gasteiger charge is 2.18. The third-order valence-electron chi connectivity index (χ3n) is 3.06. The number of Topliss-reactive ketones (excluding diaryl/α,β-unsaturated/α-hetero) is 1. The van der Waals surface area contributed by atoms with Crippen molar-refractivity contribution >= 4 is 17.7 Å². The SMILES string of the molecule is CC(C)C(=O)CCC(=O)N[C@H](CCC(=O)O)C(C)C. The molecule has 5 heteroatoms. The molecule has 0 aliphatic carbocycles. The molecule has 1 amide bonds. The molecule has 0 aromatic heterocycles. The summed E-state index contributed by atoms with van der Waals surface area (Å²) in [6.45, 7) is 7.49. The fraction of sp³-hybridized carbons (Fsp3) is 0.786. The minimum absolute atomic E-state index is 0.0358. The molecule has 0 bridgehead atoms. The van der Waals surface area contributed by atoms with Gasteiger partial charge in [0.15, 0.2) is 0 Å². The molecule has 0 heterocycles. The minimum Gasteiger partial charge on any atom is -0.481 e. The predicted octanol–water partition coefficient (Wildman–Crippen LogP) is 2.00. The van der Waals surface area contributed by atoms with Crippen LogP contribution in [0.15, 0.2) is 0 Å². The second-order valence-electron chi connectivity index (χ2n) is 5.47. The number of carbonyl (C=O) groups is 3. The van der Waals surface area contributed by atoms with Crippen LogP contribution in [0.4, 0.5) is 0 Å². The van der Waals surface area contributed by atoms with E-state index in [1.165, 1.54) is 0 Å². The van der Waals surface area contributed by atoms with Gasteiger partial charge in [0.1, 0.15) is 5.78 Å². The van der Waals surface area contributed by atoms with E-state index < -0.39 is 5.97 Å². The average Bonchev–Trinajstić information content (AvgIpc) is 2.30. The van der Waals surface area contributed by atoms with E-state index in [9.17, 15) is 14.4 Å². The lowest BCUT2D eigenvalue weighted by Crippen LogP contribution is -2.39. The molecule has 0 saturated heterocycles. The summed E-state index contributed by atoms with van der Waals surface area (Å²) in [7, 11) is 0. The van der Waals surface area contributed by atoms with Crippen LogP contribution in [0, 0.1) is 11.8 Å². The van der Waals surface area contributed by atoms with E-state index >= 15 is 0 Å². The van der Waals surface area contributed by atoms with E-state index in [0.717, 1.165) is 0 Å². The van der Waals surface area contributed by atoms with Gasteiger partial charge in [0, 0.05) is 31.2 Å². The fourth-order valence-electron chi connectivity index (χ4n) is 1.66. The third kappa shape index (κ3) is 8.35. The summed E-state index contributed by atoms with van der Waals surface area (Å²) < 4.78 is 0. The Morgan fingerprint density at radius 3 is 2.00 bits per heavy atom. The van der Waals surface area contributed by atoms with E-state index in [1.54, 1.807) is 0 Å². The molecule has 0 aromatic carbocycles. The molecule has 0 saturated carbocycles. The molecule has 0 unspecified atom stereocenters. The van der Waals surface area contributed by atoms with E-state index in [-0.39, 0.29) is 48.8 Å². The molecular weight excluding hydrogens is 246 g/mol. The highest BCUT2D eigenvalue weighted by atomic mass is 16.4. The molecule has 0 rings (SSSR count). The summed E-state index contributed by atoms with van der Waals surface area (Å²) in [6.07, 6.45) is 0.867. The second-order valence-corrected chi connectivity index (χ2v) is 5.47. The summed E-state index contributed by atoms with van der Waals surface area (Å²) in [5.74, 6) is -0.862. The first-order valence-corrected chi connectivity index (χ1v) is 6.77. The molecule has 1 atom stereocenters. The minimum atomic E-state index is -0.866. The average molecular weight is 271 g/mol. The number of rotatable bonds is 9. The molecule has 19 heavy (non-hydrogen) atoms. The number of hydrogen-bond donors (Lipinski definition) is 2. The number of carbonyl (C=O) groups excluding carboxylic acids is 2. The van der Waals surface area contributed by atoms with Crippen LogP contribution in [0.3, 0.4) is 0 Å². The summed E-state index contributed by atoms with van der Waals surface area (Å²) in [4.78, 5) is 33.7. The second kappa shape index (κ2) is 8.67. The molecule has 110 valence electrons. The van der Waals surface area contributed by atoms with Crippen molar-refractivity contribution < 1.29 is 19.5 Å². The Morgan fingerprint density at radius 2 is 1.58 bits per heavy atom. The lowest BCUT2D eigenvalue weighted by atomic mass is 9.98. The molecule has 0 aliphatic rings. The number of carboxylic acids is 1. The molecule has 0 aromatic rings. The van der Waals surface area contributed by atoms with Crippen LogP contribution >= 0.6 is 0 Å². The number of carboxylic acid groups (broad SMARTS) is 1. The zero-order chi connectivity index (χ0) is 15.0. The van der Waals surface area contributed by atoms with E-state index in [2.05, 4.69) is 5.32 Å². The molecule has 2 N–H and O–H groups in total. The third-order valence-corrected chi connectivity index (χ3v) is 3.06. The van der Waals surface area contributed by atoms with Gasteiger partial charge in [-0.25, -0.2) is 0 Å². The smallest absolute Gasteiger partial charge is 0.303 e. The molecule has 0 radical (unpaired) electrons. The number of nitrogens with one attached hydrogen (secondary N) is 1. The largest absolute Gasteiger partial charge is 0.481 e. The van der Waals surface area contributed by atoms with Crippen molar-refractivity contribution in [1.82, 2.24) is 5.32 Å². The van der Waals surface area contributed by atoms with Crippen LogP contribution in [0.1, 0.15) is 53.4 Å². The Kier molecular flexibility index (Phi) is 8.03. The highest BCUT2D eigenvalue weighted by molar-refractivity contribution is 5.86. The van der Waals surface area contributed by atoms with Gasteiger partial charge >= 0.3 is 5.97 Å². The highest BCUT2D eigenvalue weighted by Crippen LogP contribution is 2.10. The summed E-state index contributed by atoms with van der Waals surface area (Å²) in [5, 5.41) is 11.5. The van der Waals surface area contributed by atoms with Gasteiger partial charge in [-0.2, -0.15) is 0 Å². The zero-order valence-electron chi connectivity index (χ0n) is 12.2. The van der Waals surface area contributed by atoms with Gasteiger partial charge < -0.3 is 10.4 Å². The topological polar surface area (TPSA) is 83.5 Å². The van der Waals surface area contributed by atoms with E-state index in [4.69, 9.17) is 5.11 Å². The van der Waals surface area contributed by atoms with Crippen molar-refractivity contribution in [3.63, 3.8) is 0 Å². The van der Waals surface area contributed by atoms with Crippen LogP contribution in [0.25, 0.3) is 0 Å². The van der Waals surface area contributed by atoms with Gasteiger partial charge in [0.05, 0.1) is 0 Å². The fourth-order valence-corrected chi connectivity index (χ4v) is 1.66. The molecule has 0 aliphatic heterocycles. The number of ketones is 1. The van der Waals surface area contributed by atoms with Crippen LogP contribution < -0.4 is 5.32 Å². The maximum atomic E-state index is 11.7. The van der Waals surface area contributed by atoms with Gasteiger partial charge in [-0.15, -0.1) is 0 Å². The normalized spacial score (nSPS) is 12.5. The lowest BCUT2D eigenvalue weighted by Gasteiger charge is -2.21. The zero-order valence-corrected chi connectivity index (χ0v) is 12.2. The Balaban J connectivity index is 4.17. The monoisotopic (exact) mass is 271 g/mol. The first kappa shape index (κ1) is 17.6. The van der Waals surface area contributed by atoms with Gasteiger partial charge in [-0.05, 0) is 12.3 Å². The van der Waals surface area contributed by atoms with E-state index in [0.29, 0.717) is 6.42 Å². The number of aliphatic carboxylic acids is 1. The Hall–Kier alpha value is -1.39. The van der Waals surface area contributed by atoms with Crippen LogP contribution in [0.2, 0.25) is 0 Å². The Labute approximate surface area is 114 Å². The maximum absolute atomic E-state index is 11.7. The van der Waals surface area contributed by atoms with E-state index in [1.807, 2.05) is 27.7 Å². The molecular formula is C14H25NO4. The maximum Gasteiger partial charge on any atom is 0.303 e. The Morgan fingerprint density at radius 1 is 1.00 bits per heavy atom. The Bertz CT molecular complexity index is 323. The standard InChI is InChI=1S/C14H25NO4/c1-9(2)11(5-8-14(18)19)15-13(17)7-6-12(16)10(3)4/h9-11H,5-8H2,1-4H3,(H,15,17)(H,18,19)/t11-/m1/s1. The quantitative estimate of drug-likeness (QED) is 0.672.